The molecule has 2 aliphatic rings. The number of carbonyl (C=O) groups excluding carboxylic acids is 1. The molecule has 2 amide bonds. The molecule has 0 radical (unpaired) electrons. The lowest BCUT2D eigenvalue weighted by atomic mass is 9.81. The summed E-state index contributed by atoms with van der Waals surface area (Å²) >= 11 is 0. The predicted molar refractivity (Wildman–Crippen MR) is 145 cm³/mol. The second-order valence-corrected chi connectivity index (χ2v) is 10.6. The number of benzene rings is 2. The van der Waals surface area contributed by atoms with Crippen LogP contribution in [0.3, 0.4) is 0 Å². The standard InChI is InChI=1S/C29H38F3N5O2/c1-3-21-14-23(10-11-24(21)15-36-16-25(17-36)37(34)28(33)38)19(2)35-39-18-20-9-12-26(22-7-5-4-6-8-22)27(13-20)29(30,31)32/h9-14,22,25H,3-8,15-18,34H2,1-2H3,(H2,33,38)/b35-19+. The molecule has 2 aromatic carbocycles. The van der Waals surface area contributed by atoms with E-state index in [2.05, 4.69) is 29.1 Å². The molecule has 0 atom stereocenters. The Morgan fingerprint density at radius 1 is 1.10 bits per heavy atom. The van der Waals surface area contributed by atoms with E-state index in [0.717, 1.165) is 61.2 Å². The number of hydrogen-bond acceptors (Lipinski definition) is 5. The van der Waals surface area contributed by atoms with Crippen LogP contribution in [0.2, 0.25) is 0 Å². The van der Waals surface area contributed by atoms with E-state index in [1.807, 2.05) is 13.0 Å². The highest BCUT2D eigenvalue weighted by molar-refractivity contribution is 5.98. The maximum absolute atomic E-state index is 13.9. The Kier molecular flexibility index (Phi) is 9.17. The average Bonchev–Trinajstić information content (AvgIpc) is 2.90. The predicted octanol–water partition coefficient (Wildman–Crippen LogP) is 5.69. The summed E-state index contributed by atoms with van der Waals surface area (Å²) in [6.07, 6.45) is 1.08. The summed E-state index contributed by atoms with van der Waals surface area (Å²) in [7, 11) is 0. The molecule has 1 aliphatic heterocycles. The number of oxime groups is 1. The molecule has 1 heterocycles. The number of alkyl halides is 3. The number of likely N-dealkylation sites (tertiary alicyclic amines) is 1. The molecule has 4 rings (SSSR count). The van der Waals surface area contributed by atoms with Crippen molar-refractivity contribution in [3.63, 3.8) is 0 Å². The smallest absolute Gasteiger partial charge is 0.391 e. The van der Waals surface area contributed by atoms with Crippen LogP contribution in [0, 0.1) is 0 Å². The third-order valence-electron chi connectivity index (χ3n) is 7.89. The molecular weight excluding hydrogens is 507 g/mol. The lowest BCUT2D eigenvalue weighted by Crippen LogP contribution is -2.63. The van der Waals surface area contributed by atoms with Gasteiger partial charge in [-0.1, -0.05) is 55.6 Å². The van der Waals surface area contributed by atoms with Crippen LogP contribution in [-0.2, 0) is 30.6 Å². The summed E-state index contributed by atoms with van der Waals surface area (Å²) in [6, 6.07) is 9.94. The number of primary amides is 1. The maximum atomic E-state index is 13.9. The average molecular weight is 546 g/mol. The Balaban J connectivity index is 1.38. The minimum absolute atomic E-state index is 0.0330. The van der Waals surface area contributed by atoms with E-state index in [4.69, 9.17) is 16.4 Å². The number of hydrogen-bond donors (Lipinski definition) is 2. The summed E-state index contributed by atoms with van der Waals surface area (Å²) in [5.74, 6) is 5.65. The molecule has 4 N–H and O–H groups in total. The molecule has 0 aromatic heterocycles. The first-order valence-corrected chi connectivity index (χ1v) is 13.6. The van der Waals surface area contributed by atoms with Gasteiger partial charge in [-0.25, -0.2) is 10.6 Å². The normalized spacial score (nSPS) is 17.6. The highest BCUT2D eigenvalue weighted by Gasteiger charge is 2.36. The van der Waals surface area contributed by atoms with Crippen LogP contribution in [0.25, 0.3) is 0 Å². The van der Waals surface area contributed by atoms with Crippen molar-refractivity contribution in [2.45, 2.75) is 83.7 Å². The molecule has 7 nitrogen and oxygen atoms in total. The monoisotopic (exact) mass is 545 g/mol. The second kappa shape index (κ2) is 12.4. The molecule has 0 unspecified atom stereocenters. The van der Waals surface area contributed by atoms with Gasteiger partial charge in [-0.2, -0.15) is 13.2 Å². The van der Waals surface area contributed by atoms with Gasteiger partial charge >= 0.3 is 12.2 Å². The van der Waals surface area contributed by atoms with Gasteiger partial charge in [0.1, 0.15) is 6.61 Å². The van der Waals surface area contributed by atoms with Crippen molar-refractivity contribution in [1.82, 2.24) is 9.91 Å². The Labute approximate surface area is 227 Å². The number of nitrogens with zero attached hydrogens (tertiary/aromatic N) is 3. The van der Waals surface area contributed by atoms with Crippen molar-refractivity contribution in [1.29, 1.82) is 0 Å². The largest absolute Gasteiger partial charge is 0.416 e. The quantitative estimate of drug-likeness (QED) is 0.183. The van der Waals surface area contributed by atoms with E-state index in [0.29, 0.717) is 29.9 Å². The number of halogens is 3. The van der Waals surface area contributed by atoms with Gasteiger partial charge in [-0.05, 0) is 72.1 Å². The van der Waals surface area contributed by atoms with Crippen molar-refractivity contribution in [3.05, 3.63) is 69.8 Å². The zero-order chi connectivity index (χ0) is 28.2. The maximum Gasteiger partial charge on any atom is 0.416 e. The van der Waals surface area contributed by atoms with Gasteiger partial charge in [0.15, 0.2) is 0 Å². The summed E-state index contributed by atoms with van der Waals surface area (Å²) in [5, 5.41) is 5.27. The van der Waals surface area contributed by atoms with E-state index in [9.17, 15) is 18.0 Å². The number of aryl methyl sites for hydroxylation is 1. The van der Waals surface area contributed by atoms with Crippen LogP contribution in [0.4, 0.5) is 18.0 Å². The third kappa shape index (κ3) is 7.10. The van der Waals surface area contributed by atoms with E-state index < -0.39 is 17.8 Å². The number of hydrazine groups is 1. The summed E-state index contributed by atoms with van der Waals surface area (Å²) in [4.78, 5) is 18.9. The fourth-order valence-corrected chi connectivity index (χ4v) is 5.57. The molecule has 10 heteroatoms. The zero-order valence-corrected chi connectivity index (χ0v) is 22.6. The Morgan fingerprint density at radius 3 is 2.46 bits per heavy atom. The second-order valence-electron chi connectivity index (χ2n) is 10.6. The molecule has 2 aromatic rings. The molecule has 0 bridgehead atoms. The fourth-order valence-electron chi connectivity index (χ4n) is 5.57. The van der Waals surface area contributed by atoms with Gasteiger partial charge in [0.25, 0.3) is 0 Å². The van der Waals surface area contributed by atoms with Crippen LogP contribution in [0.1, 0.15) is 85.3 Å². The van der Waals surface area contributed by atoms with Crippen molar-refractivity contribution in [2.24, 2.45) is 16.7 Å². The number of carbonyl (C=O) groups is 1. The Morgan fingerprint density at radius 2 is 1.82 bits per heavy atom. The molecule has 1 saturated carbocycles. The van der Waals surface area contributed by atoms with Crippen molar-refractivity contribution in [2.75, 3.05) is 13.1 Å². The Bertz CT molecular complexity index is 1190. The van der Waals surface area contributed by atoms with Crippen molar-refractivity contribution in [3.8, 4) is 0 Å². The van der Waals surface area contributed by atoms with Gasteiger partial charge in [0, 0.05) is 19.6 Å². The topological polar surface area (TPSA) is 97.2 Å². The molecule has 0 spiro atoms. The van der Waals surface area contributed by atoms with Crippen LogP contribution < -0.4 is 11.6 Å². The van der Waals surface area contributed by atoms with Crippen LogP contribution in [-0.4, -0.2) is 40.8 Å². The summed E-state index contributed by atoms with van der Waals surface area (Å²) in [5.41, 5.74) is 9.41. The minimum atomic E-state index is -4.40. The van der Waals surface area contributed by atoms with Gasteiger partial charge < -0.3 is 10.6 Å². The third-order valence-corrected chi connectivity index (χ3v) is 7.89. The molecule has 1 aliphatic carbocycles. The van der Waals surface area contributed by atoms with E-state index in [-0.39, 0.29) is 18.6 Å². The molecular formula is C29H38F3N5O2. The molecule has 39 heavy (non-hydrogen) atoms. The fraction of sp³-hybridized carbons (Fsp3) is 0.517. The zero-order valence-electron chi connectivity index (χ0n) is 22.6. The highest BCUT2D eigenvalue weighted by Crippen LogP contribution is 2.41. The number of urea groups is 1. The Hall–Kier alpha value is -3.11. The molecule has 2 fully saturated rings. The highest BCUT2D eigenvalue weighted by atomic mass is 19.4. The SMILES string of the molecule is CCc1cc(/C(C)=N/OCc2ccc(C3CCCCC3)c(C(F)(F)F)c2)ccc1CN1CC(N(N)C(N)=O)C1. The first-order valence-electron chi connectivity index (χ1n) is 13.6. The van der Waals surface area contributed by atoms with Crippen LogP contribution in [0.5, 0.6) is 0 Å². The van der Waals surface area contributed by atoms with E-state index in [1.165, 1.54) is 11.6 Å². The van der Waals surface area contributed by atoms with Gasteiger partial charge in [0.2, 0.25) is 0 Å². The van der Waals surface area contributed by atoms with Crippen LogP contribution in [0.15, 0.2) is 41.6 Å². The van der Waals surface area contributed by atoms with E-state index >= 15 is 0 Å². The first kappa shape index (κ1) is 28.9. The minimum Gasteiger partial charge on any atom is -0.391 e. The molecule has 1 saturated heterocycles. The summed E-state index contributed by atoms with van der Waals surface area (Å²) < 4.78 is 41.6. The van der Waals surface area contributed by atoms with Crippen LogP contribution >= 0.6 is 0 Å². The summed E-state index contributed by atoms with van der Waals surface area (Å²) in [6.45, 7) is 5.92. The van der Waals surface area contributed by atoms with Gasteiger partial charge in [-0.15, -0.1) is 0 Å². The van der Waals surface area contributed by atoms with Crippen molar-refractivity contribution >= 4 is 11.7 Å². The van der Waals surface area contributed by atoms with Gasteiger partial charge in [-0.3, -0.25) is 9.91 Å². The lowest BCUT2D eigenvalue weighted by Gasteiger charge is -2.43. The lowest BCUT2D eigenvalue weighted by molar-refractivity contribution is -0.138. The van der Waals surface area contributed by atoms with Crippen molar-refractivity contribution < 1.29 is 22.8 Å². The number of nitrogens with two attached hydrogens (primary N) is 2. The number of rotatable bonds is 9. The first-order chi connectivity index (χ1) is 18.6. The van der Waals surface area contributed by atoms with E-state index in [1.54, 1.807) is 12.1 Å². The number of amides is 2. The van der Waals surface area contributed by atoms with Gasteiger partial charge in [0.05, 0.1) is 17.3 Å². The molecule has 212 valence electrons.